The average Bonchev–Trinajstić information content (AvgIpc) is 2.33. The summed E-state index contributed by atoms with van der Waals surface area (Å²) in [6.07, 6.45) is 0. The van der Waals surface area contributed by atoms with Gasteiger partial charge in [0.15, 0.2) is 17.5 Å². The lowest BCUT2D eigenvalue weighted by Crippen LogP contribution is -2.23. The monoisotopic (exact) mass is 270 g/mol. The summed E-state index contributed by atoms with van der Waals surface area (Å²) >= 11 is 0. The van der Waals surface area contributed by atoms with E-state index in [1.807, 2.05) is 0 Å². The molecule has 0 unspecified atom stereocenters. The molecule has 2 aromatic rings. The molecule has 8 heteroatoms. The van der Waals surface area contributed by atoms with Crippen molar-refractivity contribution in [3.63, 3.8) is 0 Å². The van der Waals surface area contributed by atoms with E-state index in [1.54, 1.807) is 0 Å². The fourth-order valence-corrected chi connectivity index (χ4v) is 1.51. The van der Waals surface area contributed by atoms with Crippen LogP contribution in [0.3, 0.4) is 0 Å². The molecule has 0 radical (unpaired) electrons. The molecule has 1 aromatic heterocycles. The maximum atomic E-state index is 13.0. The normalized spacial score (nSPS) is 10.7. The second-order valence-corrected chi connectivity index (χ2v) is 3.89. The van der Waals surface area contributed by atoms with Crippen LogP contribution >= 0.6 is 0 Å². The summed E-state index contributed by atoms with van der Waals surface area (Å²) < 4.78 is 40.0. The Morgan fingerprint density at radius 1 is 1.26 bits per heavy atom. The number of anilines is 1. The lowest BCUT2D eigenvalue weighted by Gasteiger charge is -2.09. The van der Waals surface area contributed by atoms with Crippen LogP contribution < -0.4 is 11.3 Å². The SMILES string of the molecule is Cc1nn(Cc2cc(F)c(F)c(F)c2)c(N)nc1=O. The predicted molar refractivity (Wildman–Crippen MR) is 60.9 cm³/mol. The molecule has 100 valence electrons. The van der Waals surface area contributed by atoms with E-state index in [4.69, 9.17) is 5.73 Å². The minimum absolute atomic E-state index is 0.0947. The van der Waals surface area contributed by atoms with Crippen LogP contribution in [0.15, 0.2) is 16.9 Å². The third-order valence-electron chi connectivity index (χ3n) is 2.44. The Kier molecular flexibility index (Phi) is 3.24. The van der Waals surface area contributed by atoms with Crippen molar-refractivity contribution in [1.29, 1.82) is 0 Å². The zero-order valence-electron chi connectivity index (χ0n) is 9.82. The van der Waals surface area contributed by atoms with Crippen molar-refractivity contribution in [3.8, 4) is 0 Å². The number of nitrogens with two attached hydrogens (primary N) is 1. The Labute approximate surface area is 105 Å². The quantitative estimate of drug-likeness (QED) is 0.826. The van der Waals surface area contributed by atoms with E-state index in [0.717, 1.165) is 16.8 Å². The van der Waals surface area contributed by atoms with Crippen LogP contribution in [-0.2, 0) is 6.54 Å². The van der Waals surface area contributed by atoms with Gasteiger partial charge in [0.1, 0.15) is 5.69 Å². The number of nitrogens with zero attached hydrogens (tertiary/aromatic N) is 3. The number of nitrogen functional groups attached to an aromatic ring is 1. The van der Waals surface area contributed by atoms with Crippen molar-refractivity contribution in [1.82, 2.24) is 14.8 Å². The van der Waals surface area contributed by atoms with Crippen molar-refractivity contribution < 1.29 is 13.2 Å². The first-order chi connectivity index (χ1) is 8.88. The van der Waals surface area contributed by atoms with Gasteiger partial charge < -0.3 is 5.73 Å². The molecule has 0 amide bonds. The number of hydrogen-bond acceptors (Lipinski definition) is 4. The zero-order chi connectivity index (χ0) is 14.2. The Bertz CT molecular complexity index is 676. The van der Waals surface area contributed by atoms with E-state index in [0.29, 0.717) is 0 Å². The van der Waals surface area contributed by atoms with Crippen molar-refractivity contribution in [3.05, 3.63) is 51.2 Å². The number of benzene rings is 1. The molecule has 2 N–H and O–H groups in total. The zero-order valence-corrected chi connectivity index (χ0v) is 9.82. The number of halogens is 3. The minimum atomic E-state index is -1.54. The van der Waals surface area contributed by atoms with Gasteiger partial charge in [0, 0.05) is 0 Å². The van der Waals surface area contributed by atoms with E-state index in [-0.39, 0.29) is 23.8 Å². The first kappa shape index (κ1) is 13.1. The van der Waals surface area contributed by atoms with Crippen LogP contribution in [0.25, 0.3) is 0 Å². The molecule has 19 heavy (non-hydrogen) atoms. The molecule has 0 aliphatic rings. The van der Waals surface area contributed by atoms with E-state index in [9.17, 15) is 18.0 Å². The summed E-state index contributed by atoms with van der Waals surface area (Å²) in [5.74, 6) is -4.35. The van der Waals surface area contributed by atoms with Crippen LogP contribution in [0, 0.1) is 24.4 Å². The second kappa shape index (κ2) is 4.71. The van der Waals surface area contributed by atoms with Gasteiger partial charge in [0.2, 0.25) is 5.95 Å². The molecule has 0 bridgehead atoms. The molecule has 0 spiro atoms. The van der Waals surface area contributed by atoms with Crippen LogP contribution in [-0.4, -0.2) is 14.8 Å². The van der Waals surface area contributed by atoms with Gasteiger partial charge in [-0.3, -0.25) is 4.79 Å². The van der Waals surface area contributed by atoms with Crippen LogP contribution in [0.4, 0.5) is 19.1 Å². The number of aryl methyl sites for hydroxylation is 1. The Hall–Kier alpha value is -2.38. The molecule has 0 aliphatic carbocycles. The molecule has 0 aliphatic heterocycles. The number of rotatable bonds is 2. The highest BCUT2D eigenvalue weighted by Crippen LogP contribution is 2.14. The van der Waals surface area contributed by atoms with Crippen molar-refractivity contribution in [2.75, 3.05) is 5.73 Å². The maximum absolute atomic E-state index is 13.0. The molecule has 2 rings (SSSR count). The van der Waals surface area contributed by atoms with Crippen LogP contribution in [0.1, 0.15) is 11.3 Å². The molecule has 0 atom stereocenters. The van der Waals surface area contributed by atoms with E-state index in [1.165, 1.54) is 6.92 Å². The van der Waals surface area contributed by atoms with Gasteiger partial charge >= 0.3 is 0 Å². The fraction of sp³-hybridized carbons (Fsp3) is 0.182. The molecule has 1 heterocycles. The molecular formula is C11H9F3N4O. The molecule has 0 saturated carbocycles. The van der Waals surface area contributed by atoms with Gasteiger partial charge in [-0.25, -0.2) is 17.9 Å². The summed E-state index contributed by atoms with van der Waals surface area (Å²) in [5.41, 5.74) is 5.10. The highest BCUT2D eigenvalue weighted by atomic mass is 19.2. The minimum Gasteiger partial charge on any atom is -0.368 e. The third-order valence-corrected chi connectivity index (χ3v) is 2.44. The van der Waals surface area contributed by atoms with Gasteiger partial charge in [-0.05, 0) is 24.6 Å². The summed E-state index contributed by atoms with van der Waals surface area (Å²) in [6.45, 7) is 1.30. The standard InChI is InChI=1S/C11H9F3N4O/c1-5-10(19)16-11(15)18(17-5)4-6-2-7(12)9(14)8(13)3-6/h2-3H,4H2,1H3,(H2,15,16,19). The Balaban J connectivity index is 2.42. The third kappa shape index (κ3) is 2.56. The smallest absolute Gasteiger partial charge is 0.296 e. The van der Waals surface area contributed by atoms with E-state index >= 15 is 0 Å². The maximum Gasteiger partial charge on any atom is 0.296 e. The topological polar surface area (TPSA) is 73.8 Å². The van der Waals surface area contributed by atoms with Gasteiger partial charge in [-0.2, -0.15) is 10.1 Å². The Morgan fingerprint density at radius 3 is 2.42 bits per heavy atom. The molecule has 0 fully saturated rings. The first-order valence-corrected chi connectivity index (χ1v) is 5.23. The van der Waals surface area contributed by atoms with Gasteiger partial charge in [-0.1, -0.05) is 0 Å². The summed E-state index contributed by atoms with van der Waals surface area (Å²) in [4.78, 5) is 14.7. The van der Waals surface area contributed by atoms with Gasteiger partial charge in [0.05, 0.1) is 6.54 Å². The predicted octanol–water partition coefficient (Wildman–Crippen LogP) is 0.995. The first-order valence-electron chi connectivity index (χ1n) is 5.23. The summed E-state index contributed by atoms with van der Waals surface area (Å²) in [6, 6.07) is 1.65. The van der Waals surface area contributed by atoms with Crippen molar-refractivity contribution in [2.24, 2.45) is 0 Å². The summed E-state index contributed by atoms with van der Waals surface area (Å²) in [7, 11) is 0. The van der Waals surface area contributed by atoms with Crippen LogP contribution in [0.2, 0.25) is 0 Å². The lowest BCUT2D eigenvalue weighted by molar-refractivity contribution is 0.444. The van der Waals surface area contributed by atoms with E-state index < -0.39 is 23.0 Å². The fourth-order valence-electron chi connectivity index (χ4n) is 1.51. The molecular weight excluding hydrogens is 261 g/mol. The highest BCUT2D eigenvalue weighted by Gasteiger charge is 2.12. The van der Waals surface area contributed by atoms with Crippen molar-refractivity contribution >= 4 is 5.95 Å². The largest absolute Gasteiger partial charge is 0.368 e. The van der Waals surface area contributed by atoms with Crippen LogP contribution in [0.5, 0.6) is 0 Å². The second-order valence-electron chi connectivity index (χ2n) is 3.89. The summed E-state index contributed by atoms with van der Waals surface area (Å²) in [5, 5.41) is 3.83. The lowest BCUT2D eigenvalue weighted by atomic mass is 10.2. The molecule has 0 saturated heterocycles. The Morgan fingerprint density at radius 2 is 1.84 bits per heavy atom. The van der Waals surface area contributed by atoms with Gasteiger partial charge in [-0.15, -0.1) is 0 Å². The van der Waals surface area contributed by atoms with Crippen molar-refractivity contribution in [2.45, 2.75) is 13.5 Å². The number of aromatic nitrogens is 3. The number of hydrogen-bond donors (Lipinski definition) is 1. The van der Waals surface area contributed by atoms with E-state index in [2.05, 4.69) is 10.1 Å². The molecule has 1 aromatic carbocycles. The molecule has 5 nitrogen and oxygen atoms in total. The highest BCUT2D eigenvalue weighted by molar-refractivity contribution is 5.22. The van der Waals surface area contributed by atoms with Gasteiger partial charge in [0.25, 0.3) is 5.56 Å². The average molecular weight is 270 g/mol.